The van der Waals surface area contributed by atoms with Crippen molar-refractivity contribution in [3.63, 3.8) is 0 Å². The molecule has 7 atom stereocenters. The Kier molecular flexibility index (Phi) is 6.29. The molecule has 4 aliphatic carbocycles. The van der Waals surface area contributed by atoms with Crippen LogP contribution in [0, 0.1) is 22.7 Å². The molecule has 0 radical (unpaired) electrons. The van der Waals surface area contributed by atoms with Gasteiger partial charge in [0, 0.05) is 30.1 Å². The molecule has 37 heavy (non-hydrogen) atoms. The third-order valence-electron chi connectivity index (χ3n) is 9.50. The van der Waals surface area contributed by atoms with Crippen molar-refractivity contribution in [2.75, 3.05) is 6.61 Å². The van der Waals surface area contributed by atoms with Crippen LogP contribution in [0.4, 0.5) is 17.6 Å². The van der Waals surface area contributed by atoms with Crippen LogP contribution in [-0.4, -0.2) is 58.8 Å². The van der Waals surface area contributed by atoms with Crippen LogP contribution in [0.2, 0.25) is 0 Å². The number of aliphatic hydroxyl groups is 1. The Balaban J connectivity index is 1.85. The molecule has 204 valence electrons. The topological polar surface area (TPSA) is 107 Å². The van der Waals surface area contributed by atoms with E-state index in [2.05, 4.69) is 6.58 Å². The second-order valence-electron chi connectivity index (χ2n) is 11.3. The average molecular weight is 531 g/mol. The average Bonchev–Trinajstić information content (AvgIpc) is 3.06. The standard InChI is InChI=1S/C26H30F4O7/c1-13-9-18-16-6-8-24(35,19(33)12-36-14(2)31)23(16,4)11-20(37-21(34)26(28,29)30)25(18,27)22(3)7-5-15(32)10-17(13)22/h10,16,18,20,35H,1,5-9,11-12H2,2-4H3/t16-,18-,20?,22-,23-,24-,25-/m0/s1. The van der Waals surface area contributed by atoms with Gasteiger partial charge in [-0.2, -0.15) is 13.2 Å². The second kappa shape index (κ2) is 8.47. The van der Waals surface area contributed by atoms with Crippen molar-refractivity contribution in [3.8, 4) is 0 Å². The van der Waals surface area contributed by atoms with Crippen molar-refractivity contribution in [1.29, 1.82) is 0 Å². The van der Waals surface area contributed by atoms with Gasteiger partial charge in [0.1, 0.15) is 11.7 Å². The van der Waals surface area contributed by atoms with Gasteiger partial charge in [-0.1, -0.05) is 26.0 Å². The first-order valence-corrected chi connectivity index (χ1v) is 12.2. The van der Waals surface area contributed by atoms with Gasteiger partial charge in [0.05, 0.1) is 0 Å². The van der Waals surface area contributed by atoms with Gasteiger partial charge in [-0.05, 0) is 49.7 Å². The van der Waals surface area contributed by atoms with Gasteiger partial charge < -0.3 is 14.6 Å². The van der Waals surface area contributed by atoms with Crippen molar-refractivity contribution in [1.82, 2.24) is 0 Å². The Morgan fingerprint density at radius 3 is 2.43 bits per heavy atom. The molecular formula is C26H30F4O7. The van der Waals surface area contributed by atoms with Crippen molar-refractivity contribution >= 4 is 23.5 Å². The fraction of sp³-hybridized carbons (Fsp3) is 0.692. The molecule has 0 spiro atoms. The monoisotopic (exact) mass is 530 g/mol. The smallest absolute Gasteiger partial charge is 0.458 e. The lowest BCUT2D eigenvalue weighted by molar-refractivity contribution is -0.251. The van der Waals surface area contributed by atoms with E-state index in [1.807, 2.05) is 0 Å². The largest absolute Gasteiger partial charge is 0.490 e. The van der Waals surface area contributed by atoms with Crippen LogP contribution in [0.1, 0.15) is 59.3 Å². The van der Waals surface area contributed by atoms with Gasteiger partial charge in [0.2, 0.25) is 5.78 Å². The number of Topliss-reactive ketones (excluding diaryl/α,β-unsaturated/α-hetero) is 1. The molecule has 0 amide bonds. The Labute approximate surface area is 211 Å². The first-order valence-electron chi connectivity index (χ1n) is 12.2. The van der Waals surface area contributed by atoms with Crippen molar-refractivity contribution < 1.29 is 51.3 Å². The Hall–Kier alpha value is -2.56. The van der Waals surface area contributed by atoms with Gasteiger partial charge in [-0.3, -0.25) is 14.4 Å². The highest BCUT2D eigenvalue weighted by Crippen LogP contribution is 2.71. The normalized spacial score (nSPS) is 41.2. The van der Waals surface area contributed by atoms with Crippen LogP contribution in [0.5, 0.6) is 0 Å². The maximum Gasteiger partial charge on any atom is 0.490 e. The molecule has 3 fully saturated rings. The van der Waals surface area contributed by atoms with Crippen LogP contribution < -0.4 is 0 Å². The minimum absolute atomic E-state index is 0.0250. The summed E-state index contributed by atoms with van der Waals surface area (Å²) in [6.45, 7) is 7.33. The number of hydrogen-bond donors (Lipinski definition) is 1. The minimum atomic E-state index is -5.40. The molecule has 3 saturated carbocycles. The summed E-state index contributed by atoms with van der Waals surface area (Å²) >= 11 is 0. The maximum atomic E-state index is 17.7. The summed E-state index contributed by atoms with van der Waals surface area (Å²) < 4.78 is 67.2. The molecule has 0 aromatic carbocycles. The number of ketones is 2. The molecule has 4 aliphatic rings. The molecule has 0 heterocycles. The number of halogens is 4. The van der Waals surface area contributed by atoms with Crippen LogP contribution in [0.3, 0.4) is 0 Å². The molecule has 0 aromatic heterocycles. The van der Waals surface area contributed by atoms with E-state index in [-0.39, 0.29) is 37.9 Å². The van der Waals surface area contributed by atoms with Gasteiger partial charge >= 0.3 is 18.1 Å². The number of fused-ring (bicyclic) bond motifs is 5. The molecule has 0 bridgehead atoms. The molecule has 0 aromatic rings. The Bertz CT molecular complexity index is 1110. The zero-order valence-corrected chi connectivity index (χ0v) is 20.9. The summed E-state index contributed by atoms with van der Waals surface area (Å²) in [5, 5.41) is 11.6. The predicted octanol–water partition coefficient (Wildman–Crippen LogP) is 3.72. The van der Waals surface area contributed by atoms with Crippen LogP contribution in [0.15, 0.2) is 23.8 Å². The number of rotatable bonds is 4. The molecule has 0 aliphatic heterocycles. The first-order chi connectivity index (χ1) is 16.9. The number of alkyl halides is 4. The molecule has 7 nitrogen and oxygen atoms in total. The highest BCUT2D eigenvalue weighted by atomic mass is 19.4. The molecule has 4 rings (SSSR count). The molecule has 11 heteroatoms. The number of hydrogen-bond acceptors (Lipinski definition) is 7. The van der Waals surface area contributed by atoms with Crippen LogP contribution >= 0.6 is 0 Å². The molecule has 1 N–H and O–H groups in total. The van der Waals surface area contributed by atoms with Gasteiger partial charge in [0.15, 0.2) is 18.1 Å². The summed E-state index contributed by atoms with van der Waals surface area (Å²) in [6.07, 6.45) is -6.77. The lowest BCUT2D eigenvalue weighted by Crippen LogP contribution is -2.70. The molecule has 0 saturated heterocycles. The van der Waals surface area contributed by atoms with Gasteiger partial charge in [-0.25, -0.2) is 9.18 Å². The summed E-state index contributed by atoms with van der Waals surface area (Å²) in [5.41, 5.74) is -6.93. The van der Waals surface area contributed by atoms with E-state index in [0.717, 1.165) is 6.92 Å². The fourth-order valence-corrected chi connectivity index (χ4v) is 7.60. The van der Waals surface area contributed by atoms with Crippen molar-refractivity contribution in [2.45, 2.75) is 82.8 Å². The van der Waals surface area contributed by atoms with Crippen LogP contribution in [0.25, 0.3) is 0 Å². The first kappa shape index (κ1) is 27.5. The third kappa shape index (κ3) is 3.79. The molecule has 1 unspecified atom stereocenters. The van der Waals surface area contributed by atoms with E-state index in [1.54, 1.807) is 0 Å². The number of ether oxygens (including phenoxy) is 2. The lowest BCUT2D eigenvalue weighted by atomic mass is 9.43. The number of allylic oxidation sites excluding steroid dienone is 2. The lowest BCUT2D eigenvalue weighted by Gasteiger charge is -2.64. The van der Waals surface area contributed by atoms with E-state index in [0.29, 0.717) is 11.1 Å². The van der Waals surface area contributed by atoms with E-state index in [9.17, 15) is 37.5 Å². The number of esters is 2. The Morgan fingerprint density at radius 2 is 1.84 bits per heavy atom. The summed E-state index contributed by atoms with van der Waals surface area (Å²) in [4.78, 5) is 48.5. The van der Waals surface area contributed by atoms with Crippen molar-refractivity contribution in [3.05, 3.63) is 23.8 Å². The zero-order chi connectivity index (χ0) is 27.8. The minimum Gasteiger partial charge on any atom is -0.458 e. The SMILES string of the molecule is C=C1C[C@H]2[C@@H]3CC[C@](O)(C(=O)COC(C)=O)[C@@]3(C)CC(OC(=O)C(F)(F)F)[C@]2(F)[C@@]2(C)CCC(=O)C=C12. The third-order valence-corrected chi connectivity index (χ3v) is 9.50. The highest BCUT2D eigenvalue weighted by Gasteiger charge is 2.76. The number of carbonyl (C=O) groups excluding carboxylic acids is 4. The highest BCUT2D eigenvalue weighted by molar-refractivity contribution is 5.93. The van der Waals surface area contributed by atoms with E-state index < -0.39 is 77.0 Å². The fourth-order valence-electron chi connectivity index (χ4n) is 7.60. The zero-order valence-electron chi connectivity index (χ0n) is 20.9. The summed E-state index contributed by atoms with van der Waals surface area (Å²) in [7, 11) is 0. The Morgan fingerprint density at radius 1 is 1.19 bits per heavy atom. The quantitative estimate of drug-likeness (QED) is 0.436. The van der Waals surface area contributed by atoms with E-state index >= 15 is 4.39 Å². The summed E-state index contributed by atoms with van der Waals surface area (Å²) in [5.74, 6) is -6.21. The van der Waals surface area contributed by atoms with E-state index in [1.165, 1.54) is 19.9 Å². The van der Waals surface area contributed by atoms with Crippen molar-refractivity contribution in [2.24, 2.45) is 22.7 Å². The second-order valence-corrected chi connectivity index (χ2v) is 11.3. The maximum absolute atomic E-state index is 17.7. The molecular weight excluding hydrogens is 500 g/mol. The number of carbonyl (C=O) groups is 4. The van der Waals surface area contributed by atoms with Gasteiger partial charge in [0.25, 0.3) is 0 Å². The predicted molar refractivity (Wildman–Crippen MR) is 119 cm³/mol. The van der Waals surface area contributed by atoms with Crippen LogP contribution in [-0.2, 0) is 28.7 Å². The summed E-state index contributed by atoms with van der Waals surface area (Å²) in [6, 6.07) is 0. The van der Waals surface area contributed by atoms with Gasteiger partial charge in [-0.15, -0.1) is 0 Å². The van der Waals surface area contributed by atoms with E-state index in [4.69, 9.17) is 9.47 Å².